The minimum Gasteiger partial charge on any atom is -0.489 e. The van der Waals surface area contributed by atoms with E-state index in [1.807, 2.05) is 43.3 Å². The Labute approximate surface area is 133 Å². The van der Waals surface area contributed by atoms with Gasteiger partial charge in [0.2, 0.25) is 0 Å². The molecule has 2 nitrogen and oxygen atoms in total. The first-order valence-corrected chi connectivity index (χ1v) is 7.93. The molecule has 0 saturated carbocycles. The number of ketones is 1. The fourth-order valence-corrected chi connectivity index (χ4v) is 2.41. The monoisotopic (exact) mass is 296 g/mol. The molecule has 2 aromatic rings. The summed E-state index contributed by atoms with van der Waals surface area (Å²) < 4.78 is 5.97. The van der Waals surface area contributed by atoms with E-state index < -0.39 is 0 Å². The lowest BCUT2D eigenvalue weighted by Gasteiger charge is -2.13. The van der Waals surface area contributed by atoms with Crippen LogP contribution in [0.2, 0.25) is 0 Å². The Balaban J connectivity index is 2.02. The van der Waals surface area contributed by atoms with Gasteiger partial charge in [-0.3, -0.25) is 4.79 Å². The molecule has 2 rings (SSSR count). The fraction of sp³-hybridized carbons (Fsp3) is 0.350. The molecule has 2 aromatic carbocycles. The highest BCUT2D eigenvalue weighted by Gasteiger charge is 2.06. The maximum Gasteiger partial charge on any atom is 0.162 e. The molecule has 0 aliphatic heterocycles. The zero-order chi connectivity index (χ0) is 15.9. The van der Waals surface area contributed by atoms with Crippen molar-refractivity contribution < 1.29 is 9.53 Å². The van der Waals surface area contributed by atoms with Gasteiger partial charge in [0.15, 0.2) is 5.78 Å². The maximum absolute atomic E-state index is 11.6. The zero-order valence-electron chi connectivity index (χ0n) is 13.6. The van der Waals surface area contributed by atoms with Gasteiger partial charge in [0.25, 0.3) is 0 Å². The van der Waals surface area contributed by atoms with Crippen molar-refractivity contribution in [3.05, 3.63) is 65.2 Å². The summed E-state index contributed by atoms with van der Waals surface area (Å²) in [5.74, 6) is 1.73. The largest absolute Gasteiger partial charge is 0.489 e. The summed E-state index contributed by atoms with van der Waals surface area (Å²) in [5, 5.41) is 0. The SMILES string of the molecule is CCC(=O)c1ccc(COc2ccccc2CC(C)C)cc1. The van der Waals surface area contributed by atoms with Gasteiger partial charge < -0.3 is 4.74 Å². The van der Waals surface area contributed by atoms with Crippen molar-refractivity contribution >= 4 is 5.78 Å². The Morgan fingerprint density at radius 3 is 2.36 bits per heavy atom. The summed E-state index contributed by atoms with van der Waals surface area (Å²) in [6, 6.07) is 15.9. The number of rotatable bonds is 7. The van der Waals surface area contributed by atoms with Gasteiger partial charge in [-0.15, -0.1) is 0 Å². The van der Waals surface area contributed by atoms with Crippen LogP contribution in [0, 0.1) is 5.92 Å². The van der Waals surface area contributed by atoms with Crippen molar-refractivity contribution in [1.82, 2.24) is 0 Å². The van der Waals surface area contributed by atoms with E-state index in [2.05, 4.69) is 26.0 Å². The van der Waals surface area contributed by atoms with Crippen molar-refractivity contribution in [1.29, 1.82) is 0 Å². The molecule has 0 fully saturated rings. The summed E-state index contributed by atoms with van der Waals surface area (Å²) in [6.07, 6.45) is 1.55. The third-order valence-electron chi connectivity index (χ3n) is 3.59. The van der Waals surface area contributed by atoms with Crippen molar-refractivity contribution in [3.63, 3.8) is 0 Å². The lowest BCUT2D eigenvalue weighted by molar-refractivity contribution is 0.0988. The molecule has 0 aliphatic rings. The Kier molecular flexibility index (Phi) is 5.76. The lowest BCUT2D eigenvalue weighted by atomic mass is 10.0. The number of ether oxygens (including phenoxy) is 1. The predicted octanol–water partition coefficient (Wildman–Crippen LogP) is 5.06. The van der Waals surface area contributed by atoms with Crippen molar-refractivity contribution in [2.45, 2.75) is 40.2 Å². The molecule has 0 bridgehead atoms. The summed E-state index contributed by atoms with van der Waals surface area (Å²) in [7, 11) is 0. The second-order valence-corrected chi connectivity index (χ2v) is 5.97. The van der Waals surface area contributed by atoms with Crippen LogP contribution >= 0.6 is 0 Å². The third kappa shape index (κ3) is 4.45. The molecule has 0 spiro atoms. The highest BCUT2D eigenvalue weighted by Crippen LogP contribution is 2.22. The van der Waals surface area contributed by atoms with Crippen molar-refractivity contribution in [2.75, 3.05) is 0 Å². The standard InChI is InChI=1S/C20H24O2/c1-4-19(21)17-11-9-16(10-12-17)14-22-20-8-6-5-7-18(20)13-15(2)3/h5-12,15H,4,13-14H2,1-3H3. The molecule has 0 heterocycles. The van der Waals surface area contributed by atoms with Crippen LogP contribution in [-0.4, -0.2) is 5.78 Å². The highest BCUT2D eigenvalue weighted by atomic mass is 16.5. The normalized spacial score (nSPS) is 10.7. The first-order valence-electron chi connectivity index (χ1n) is 7.93. The predicted molar refractivity (Wildman–Crippen MR) is 90.4 cm³/mol. The number of para-hydroxylation sites is 1. The Hall–Kier alpha value is -2.09. The quantitative estimate of drug-likeness (QED) is 0.668. The van der Waals surface area contributed by atoms with Crippen LogP contribution in [-0.2, 0) is 13.0 Å². The number of benzene rings is 2. The second kappa shape index (κ2) is 7.79. The van der Waals surface area contributed by atoms with Crippen LogP contribution in [0.1, 0.15) is 48.7 Å². The van der Waals surface area contributed by atoms with Gasteiger partial charge in [0.05, 0.1) is 0 Å². The molecule has 2 heteroatoms. The summed E-state index contributed by atoms with van der Waals surface area (Å²) in [4.78, 5) is 11.6. The number of carbonyl (C=O) groups excluding carboxylic acids is 1. The lowest BCUT2D eigenvalue weighted by Crippen LogP contribution is -2.02. The van der Waals surface area contributed by atoms with Crippen LogP contribution in [0.4, 0.5) is 0 Å². The highest BCUT2D eigenvalue weighted by molar-refractivity contribution is 5.95. The van der Waals surface area contributed by atoms with Crippen molar-refractivity contribution in [2.24, 2.45) is 5.92 Å². The summed E-state index contributed by atoms with van der Waals surface area (Å²) in [5.41, 5.74) is 3.09. The third-order valence-corrected chi connectivity index (χ3v) is 3.59. The molecule has 0 saturated heterocycles. The topological polar surface area (TPSA) is 26.3 Å². The van der Waals surface area contributed by atoms with E-state index in [1.165, 1.54) is 5.56 Å². The van der Waals surface area contributed by atoms with E-state index in [4.69, 9.17) is 4.74 Å². The van der Waals surface area contributed by atoms with Gasteiger partial charge >= 0.3 is 0 Å². The van der Waals surface area contributed by atoms with E-state index in [1.54, 1.807) is 0 Å². The Morgan fingerprint density at radius 2 is 1.73 bits per heavy atom. The van der Waals surface area contributed by atoms with Gasteiger partial charge in [-0.25, -0.2) is 0 Å². The molecular weight excluding hydrogens is 272 g/mol. The van der Waals surface area contributed by atoms with E-state index in [0.29, 0.717) is 18.9 Å². The van der Waals surface area contributed by atoms with E-state index in [9.17, 15) is 4.79 Å². The number of hydrogen-bond acceptors (Lipinski definition) is 2. The fourth-order valence-electron chi connectivity index (χ4n) is 2.41. The van der Waals surface area contributed by atoms with Gasteiger partial charge in [-0.05, 0) is 29.5 Å². The molecule has 0 aromatic heterocycles. The molecule has 116 valence electrons. The minimum absolute atomic E-state index is 0.176. The number of hydrogen-bond donors (Lipinski definition) is 0. The number of carbonyl (C=O) groups is 1. The zero-order valence-corrected chi connectivity index (χ0v) is 13.6. The van der Waals surface area contributed by atoms with Crippen LogP contribution in [0.5, 0.6) is 5.75 Å². The van der Waals surface area contributed by atoms with E-state index in [-0.39, 0.29) is 5.78 Å². The van der Waals surface area contributed by atoms with Gasteiger partial charge in [-0.2, -0.15) is 0 Å². The first-order chi connectivity index (χ1) is 10.6. The molecule has 0 aliphatic carbocycles. The average Bonchev–Trinajstić information content (AvgIpc) is 2.53. The van der Waals surface area contributed by atoms with Gasteiger partial charge in [0.1, 0.15) is 12.4 Å². The summed E-state index contributed by atoms with van der Waals surface area (Å²) >= 11 is 0. The maximum atomic E-state index is 11.6. The molecule has 0 N–H and O–H groups in total. The van der Waals surface area contributed by atoms with E-state index >= 15 is 0 Å². The number of Topliss-reactive ketones (excluding diaryl/α,β-unsaturated/α-hetero) is 1. The smallest absolute Gasteiger partial charge is 0.162 e. The molecule has 0 atom stereocenters. The van der Waals surface area contributed by atoms with Crippen LogP contribution in [0.25, 0.3) is 0 Å². The molecule has 0 amide bonds. The van der Waals surface area contributed by atoms with Gasteiger partial charge in [0, 0.05) is 12.0 Å². The average molecular weight is 296 g/mol. The van der Waals surface area contributed by atoms with Crippen LogP contribution in [0.3, 0.4) is 0 Å². The second-order valence-electron chi connectivity index (χ2n) is 5.97. The first kappa shape index (κ1) is 16.3. The van der Waals surface area contributed by atoms with Gasteiger partial charge in [-0.1, -0.05) is 63.2 Å². The van der Waals surface area contributed by atoms with E-state index in [0.717, 1.165) is 23.3 Å². The van der Waals surface area contributed by atoms with Crippen LogP contribution in [0.15, 0.2) is 48.5 Å². The minimum atomic E-state index is 0.176. The summed E-state index contributed by atoms with van der Waals surface area (Å²) in [6.45, 7) is 6.82. The van der Waals surface area contributed by atoms with Crippen molar-refractivity contribution in [3.8, 4) is 5.75 Å². The Bertz CT molecular complexity index is 612. The Morgan fingerprint density at radius 1 is 1.05 bits per heavy atom. The molecule has 0 unspecified atom stereocenters. The van der Waals surface area contributed by atoms with Crippen LogP contribution < -0.4 is 4.74 Å². The molecular formula is C20H24O2. The molecule has 0 radical (unpaired) electrons. The molecule has 22 heavy (non-hydrogen) atoms.